The van der Waals surface area contributed by atoms with E-state index in [-0.39, 0.29) is 11.9 Å². The largest absolute Gasteiger partial charge is 0.458 e. The van der Waals surface area contributed by atoms with Gasteiger partial charge < -0.3 is 15.4 Å². The summed E-state index contributed by atoms with van der Waals surface area (Å²) in [4.78, 5) is 25.6. The standard InChI is InChI=1S/C23H28N2O3/c1-23(2,3)28-22(27)20(13-16-9-5-4-6-10-16)25-21(26)19-14-17-11-7-8-12-18(17)15-24-19/h4-12,19-20,24H,13-15H2,1-3H3,(H,25,26)/t19-,20-/m0/s1. The predicted molar refractivity (Wildman–Crippen MR) is 109 cm³/mol. The fourth-order valence-electron chi connectivity index (χ4n) is 3.33. The number of fused-ring (bicyclic) bond motifs is 1. The van der Waals surface area contributed by atoms with Crippen LogP contribution in [0, 0.1) is 0 Å². The van der Waals surface area contributed by atoms with Gasteiger partial charge in [-0.25, -0.2) is 4.79 Å². The Morgan fingerprint density at radius 3 is 2.39 bits per heavy atom. The normalized spacial score (nSPS) is 17.3. The number of esters is 1. The molecule has 1 aliphatic rings. The number of hydrogen-bond acceptors (Lipinski definition) is 4. The van der Waals surface area contributed by atoms with Crippen molar-refractivity contribution in [2.75, 3.05) is 0 Å². The number of ether oxygens (including phenoxy) is 1. The van der Waals surface area contributed by atoms with Crippen LogP contribution in [-0.4, -0.2) is 29.6 Å². The van der Waals surface area contributed by atoms with E-state index in [0.717, 1.165) is 5.56 Å². The lowest BCUT2D eigenvalue weighted by Crippen LogP contribution is -2.53. The van der Waals surface area contributed by atoms with Gasteiger partial charge in [-0.2, -0.15) is 0 Å². The van der Waals surface area contributed by atoms with Crippen molar-refractivity contribution in [3.05, 3.63) is 71.3 Å². The molecule has 28 heavy (non-hydrogen) atoms. The smallest absolute Gasteiger partial charge is 0.329 e. The first-order valence-corrected chi connectivity index (χ1v) is 9.69. The minimum absolute atomic E-state index is 0.179. The van der Waals surface area contributed by atoms with Crippen LogP contribution in [0.2, 0.25) is 0 Å². The Labute approximate surface area is 166 Å². The summed E-state index contributed by atoms with van der Waals surface area (Å²) in [7, 11) is 0. The number of rotatable bonds is 5. The van der Waals surface area contributed by atoms with Crippen LogP contribution in [0.15, 0.2) is 54.6 Å². The maximum absolute atomic E-state index is 12.9. The molecule has 0 bridgehead atoms. The molecule has 0 aliphatic carbocycles. The lowest BCUT2D eigenvalue weighted by Gasteiger charge is -2.28. The highest BCUT2D eigenvalue weighted by Gasteiger charge is 2.30. The molecule has 3 rings (SSSR count). The highest BCUT2D eigenvalue weighted by atomic mass is 16.6. The molecule has 0 saturated heterocycles. The van der Waals surface area contributed by atoms with Gasteiger partial charge in [0, 0.05) is 13.0 Å². The monoisotopic (exact) mass is 380 g/mol. The first kappa shape index (κ1) is 20.1. The van der Waals surface area contributed by atoms with Crippen LogP contribution in [0.3, 0.4) is 0 Å². The quantitative estimate of drug-likeness (QED) is 0.783. The predicted octanol–water partition coefficient (Wildman–Crippen LogP) is 2.77. The Morgan fingerprint density at radius 2 is 1.71 bits per heavy atom. The summed E-state index contributed by atoms with van der Waals surface area (Å²) in [5.74, 6) is -0.595. The summed E-state index contributed by atoms with van der Waals surface area (Å²) in [5.41, 5.74) is 2.73. The molecular weight excluding hydrogens is 352 g/mol. The van der Waals surface area contributed by atoms with Crippen LogP contribution in [0.5, 0.6) is 0 Å². The van der Waals surface area contributed by atoms with Crippen LogP contribution in [0.1, 0.15) is 37.5 Å². The van der Waals surface area contributed by atoms with Gasteiger partial charge in [0.05, 0.1) is 6.04 Å². The third kappa shape index (κ3) is 5.42. The fourth-order valence-corrected chi connectivity index (χ4v) is 3.33. The van der Waals surface area contributed by atoms with Crippen LogP contribution in [-0.2, 0) is 33.7 Å². The zero-order chi connectivity index (χ0) is 20.1. The molecular formula is C23H28N2O3. The average Bonchev–Trinajstić information content (AvgIpc) is 2.66. The second-order valence-corrected chi connectivity index (χ2v) is 8.19. The maximum atomic E-state index is 12.9. The molecule has 2 N–H and O–H groups in total. The fraction of sp³-hybridized carbons (Fsp3) is 0.391. The van der Waals surface area contributed by atoms with Gasteiger partial charge in [-0.3, -0.25) is 4.79 Å². The van der Waals surface area contributed by atoms with Crippen LogP contribution in [0.25, 0.3) is 0 Å². The van der Waals surface area contributed by atoms with E-state index in [1.807, 2.05) is 69.3 Å². The second-order valence-electron chi connectivity index (χ2n) is 8.19. The van der Waals surface area contributed by atoms with E-state index in [9.17, 15) is 9.59 Å². The van der Waals surface area contributed by atoms with E-state index >= 15 is 0 Å². The molecule has 2 aromatic carbocycles. The third-order valence-corrected chi connectivity index (χ3v) is 4.69. The van der Waals surface area contributed by atoms with E-state index < -0.39 is 17.6 Å². The SMILES string of the molecule is CC(C)(C)OC(=O)[C@H](Cc1ccccc1)NC(=O)[C@@H]1Cc2ccccc2CN1. The van der Waals surface area contributed by atoms with Crippen LogP contribution < -0.4 is 10.6 Å². The zero-order valence-corrected chi connectivity index (χ0v) is 16.7. The summed E-state index contributed by atoms with van der Waals surface area (Å²) in [6.45, 7) is 6.12. The Balaban J connectivity index is 1.71. The topological polar surface area (TPSA) is 67.4 Å². The number of carbonyl (C=O) groups is 2. The molecule has 1 aliphatic heterocycles. The van der Waals surface area contributed by atoms with Gasteiger partial charge in [-0.05, 0) is 43.9 Å². The minimum Gasteiger partial charge on any atom is -0.458 e. The lowest BCUT2D eigenvalue weighted by atomic mass is 9.95. The van der Waals surface area contributed by atoms with Crippen molar-refractivity contribution in [2.24, 2.45) is 0 Å². The number of nitrogens with one attached hydrogen (secondary N) is 2. The van der Waals surface area contributed by atoms with Gasteiger partial charge in [-0.15, -0.1) is 0 Å². The highest BCUT2D eigenvalue weighted by Crippen LogP contribution is 2.17. The second kappa shape index (κ2) is 8.57. The molecule has 0 spiro atoms. The Bertz CT molecular complexity index is 827. The number of carbonyl (C=O) groups excluding carboxylic acids is 2. The van der Waals surface area contributed by atoms with E-state index in [0.29, 0.717) is 19.4 Å². The van der Waals surface area contributed by atoms with Gasteiger partial charge >= 0.3 is 5.97 Å². The number of amides is 1. The number of benzene rings is 2. The summed E-state index contributed by atoms with van der Waals surface area (Å²) in [5, 5.41) is 6.18. The summed E-state index contributed by atoms with van der Waals surface area (Å²) < 4.78 is 5.54. The van der Waals surface area contributed by atoms with E-state index in [1.54, 1.807) is 0 Å². The van der Waals surface area contributed by atoms with Crippen molar-refractivity contribution in [1.82, 2.24) is 10.6 Å². The highest BCUT2D eigenvalue weighted by molar-refractivity contribution is 5.88. The van der Waals surface area contributed by atoms with E-state index in [4.69, 9.17) is 4.74 Å². The summed E-state index contributed by atoms with van der Waals surface area (Å²) >= 11 is 0. The summed E-state index contributed by atoms with van der Waals surface area (Å²) in [6, 6.07) is 16.7. The average molecular weight is 380 g/mol. The molecule has 0 aromatic heterocycles. The van der Waals surface area contributed by atoms with Crippen molar-refractivity contribution in [2.45, 2.75) is 57.8 Å². The van der Waals surface area contributed by atoms with E-state index in [2.05, 4.69) is 16.7 Å². The molecule has 2 atom stereocenters. The molecule has 1 heterocycles. The molecule has 0 unspecified atom stereocenters. The van der Waals surface area contributed by atoms with E-state index in [1.165, 1.54) is 11.1 Å². The van der Waals surface area contributed by atoms with Crippen molar-refractivity contribution in [1.29, 1.82) is 0 Å². The van der Waals surface area contributed by atoms with Crippen LogP contribution >= 0.6 is 0 Å². The number of hydrogen-bond donors (Lipinski definition) is 2. The van der Waals surface area contributed by atoms with Gasteiger partial charge in [-0.1, -0.05) is 54.6 Å². The third-order valence-electron chi connectivity index (χ3n) is 4.69. The maximum Gasteiger partial charge on any atom is 0.329 e. The molecule has 1 amide bonds. The van der Waals surface area contributed by atoms with Crippen molar-refractivity contribution in [3.8, 4) is 0 Å². The molecule has 2 aromatic rings. The first-order valence-electron chi connectivity index (χ1n) is 9.69. The van der Waals surface area contributed by atoms with Gasteiger partial charge in [0.25, 0.3) is 0 Å². The molecule has 0 saturated carbocycles. The molecule has 0 fully saturated rings. The Morgan fingerprint density at radius 1 is 1.07 bits per heavy atom. The van der Waals surface area contributed by atoms with Crippen molar-refractivity contribution >= 4 is 11.9 Å². The Hall–Kier alpha value is -2.66. The molecule has 148 valence electrons. The molecule has 5 heteroatoms. The zero-order valence-electron chi connectivity index (χ0n) is 16.7. The first-order chi connectivity index (χ1) is 13.3. The lowest BCUT2D eigenvalue weighted by molar-refractivity contribution is -0.158. The molecule has 5 nitrogen and oxygen atoms in total. The van der Waals surface area contributed by atoms with Crippen LogP contribution in [0.4, 0.5) is 0 Å². The molecule has 0 radical (unpaired) electrons. The van der Waals surface area contributed by atoms with Crippen molar-refractivity contribution in [3.63, 3.8) is 0 Å². The Kier molecular flexibility index (Phi) is 6.15. The minimum atomic E-state index is -0.729. The van der Waals surface area contributed by atoms with Gasteiger partial charge in [0.15, 0.2) is 0 Å². The van der Waals surface area contributed by atoms with Gasteiger partial charge in [0.2, 0.25) is 5.91 Å². The van der Waals surface area contributed by atoms with Gasteiger partial charge in [0.1, 0.15) is 11.6 Å². The van der Waals surface area contributed by atoms with Crippen molar-refractivity contribution < 1.29 is 14.3 Å². The summed E-state index contributed by atoms with van der Waals surface area (Å²) in [6.07, 6.45) is 0.999.